The number of benzene rings is 1. The fourth-order valence-corrected chi connectivity index (χ4v) is 3.27. The Labute approximate surface area is 158 Å². The summed E-state index contributed by atoms with van der Waals surface area (Å²) in [7, 11) is 0. The van der Waals surface area contributed by atoms with Gasteiger partial charge in [0.05, 0.1) is 5.92 Å². The van der Waals surface area contributed by atoms with Gasteiger partial charge in [0.1, 0.15) is 0 Å². The highest BCUT2D eigenvalue weighted by Crippen LogP contribution is 2.34. The van der Waals surface area contributed by atoms with E-state index in [1.165, 1.54) is 0 Å². The lowest BCUT2D eigenvalue weighted by molar-refractivity contribution is -0.154. The van der Waals surface area contributed by atoms with E-state index in [9.17, 15) is 9.59 Å². The average molecular weight is 371 g/mol. The third kappa shape index (κ3) is 4.02. The zero-order valence-corrected chi connectivity index (χ0v) is 16.1. The van der Waals surface area contributed by atoms with Crippen molar-refractivity contribution >= 4 is 17.6 Å². The maximum atomic E-state index is 12.6. The number of rotatable bonds is 6. The number of aromatic nitrogens is 2. The van der Waals surface area contributed by atoms with Crippen LogP contribution in [0.4, 0.5) is 5.69 Å². The second-order valence-electron chi connectivity index (χ2n) is 7.01. The lowest BCUT2D eigenvalue weighted by Crippen LogP contribution is -2.28. The molecule has 1 saturated heterocycles. The Morgan fingerprint density at radius 1 is 1.33 bits per heavy atom. The van der Waals surface area contributed by atoms with Gasteiger partial charge in [0.2, 0.25) is 11.8 Å². The van der Waals surface area contributed by atoms with Gasteiger partial charge in [0, 0.05) is 25.6 Å². The largest absolute Gasteiger partial charge is 0.452 e. The van der Waals surface area contributed by atoms with Gasteiger partial charge in [-0.2, -0.15) is 0 Å². The maximum absolute atomic E-state index is 12.6. The molecule has 7 heteroatoms. The molecule has 2 heterocycles. The number of carbonyl (C=O) groups is 2. The standard InChI is InChI=1S/C20H25N3O4/c1-5-12(2)16-8-6-7-9-17(16)23-11-15(10-18(23)24)20(25)26-13(3)19-22-21-14(4)27-19/h6-9,12-13,15H,5,10-11H2,1-4H3/t12-,13+,15-/m0/s1. The molecule has 0 N–H and O–H groups in total. The Hall–Kier alpha value is -2.70. The number of nitrogens with zero attached hydrogens (tertiary/aromatic N) is 3. The van der Waals surface area contributed by atoms with Gasteiger partial charge >= 0.3 is 5.97 Å². The molecule has 2 aromatic rings. The van der Waals surface area contributed by atoms with Crippen LogP contribution in [0, 0.1) is 12.8 Å². The summed E-state index contributed by atoms with van der Waals surface area (Å²) in [6, 6.07) is 7.88. The number of anilines is 1. The molecule has 1 fully saturated rings. The minimum absolute atomic E-state index is 0.0611. The summed E-state index contributed by atoms with van der Waals surface area (Å²) in [4.78, 5) is 26.8. The number of aryl methyl sites for hydroxylation is 1. The maximum Gasteiger partial charge on any atom is 0.312 e. The summed E-state index contributed by atoms with van der Waals surface area (Å²) >= 11 is 0. The first-order chi connectivity index (χ1) is 12.9. The SMILES string of the molecule is CC[C@H](C)c1ccccc1N1C[C@@H](C(=O)O[C@H](C)c2nnc(C)o2)CC1=O. The molecule has 0 unspecified atom stereocenters. The van der Waals surface area contributed by atoms with Crippen LogP contribution in [-0.4, -0.2) is 28.6 Å². The van der Waals surface area contributed by atoms with Gasteiger partial charge < -0.3 is 14.1 Å². The van der Waals surface area contributed by atoms with Gasteiger partial charge in [-0.1, -0.05) is 32.0 Å². The molecule has 3 rings (SSSR count). The summed E-state index contributed by atoms with van der Waals surface area (Å²) in [6.07, 6.45) is 0.477. The van der Waals surface area contributed by atoms with Gasteiger partial charge in [-0.15, -0.1) is 10.2 Å². The van der Waals surface area contributed by atoms with Crippen LogP contribution >= 0.6 is 0 Å². The zero-order chi connectivity index (χ0) is 19.6. The topological polar surface area (TPSA) is 85.5 Å². The van der Waals surface area contributed by atoms with Crippen molar-refractivity contribution in [1.29, 1.82) is 0 Å². The minimum atomic E-state index is -0.643. The van der Waals surface area contributed by atoms with Crippen molar-refractivity contribution in [2.45, 2.75) is 52.6 Å². The first-order valence-corrected chi connectivity index (χ1v) is 9.30. The number of carbonyl (C=O) groups excluding carboxylic acids is 2. The van der Waals surface area contributed by atoms with Crippen molar-refractivity contribution in [2.75, 3.05) is 11.4 Å². The Morgan fingerprint density at radius 3 is 2.74 bits per heavy atom. The van der Waals surface area contributed by atoms with Crippen LogP contribution in [0.25, 0.3) is 0 Å². The van der Waals surface area contributed by atoms with Gasteiger partial charge in [-0.3, -0.25) is 9.59 Å². The number of esters is 1. The molecule has 27 heavy (non-hydrogen) atoms. The van der Waals surface area contributed by atoms with Crippen LogP contribution in [0.5, 0.6) is 0 Å². The fraction of sp³-hybridized carbons (Fsp3) is 0.500. The Kier molecular flexibility index (Phi) is 5.58. The fourth-order valence-electron chi connectivity index (χ4n) is 3.27. The van der Waals surface area contributed by atoms with Gasteiger partial charge in [0.15, 0.2) is 6.10 Å². The van der Waals surface area contributed by atoms with Crippen LogP contribution in [-0.2, 0) is 14.3 Å². The van der Waals surface area contributed by atoms with E-state index in [2.05, 4.69) is 24.0 Å². The molecular weight excluding hydrogens is 346 g/mol. The highest BCUT2D eigenvalue weighted by atomic mass is 16.6. The predicted molar refractivity (Wildman–Crippen MR) is 99.2 cm³/mol. The summed E-state index contributed by atoms with van der Waals surface area (Å²) in [5.74, 6) is 0.0138. The molecule has 1 aromatic heterocycles. The van der Waals surface area contributed by atoms with Crippen molar-refractivity contribution in [2.24, 2.45) is 5.92 Å². The van der Waals surface area contributed by atoms with Crippen molar-refractivity contribution in [3.8, 4) is 0 Å². The van der Waals surface area contributed by atoms with Crippen LogP contribution < -0.4 is 4.90 Å². The molecule has 144 valence electrons. The Morgan fingerprint density at radius 2 is 2.07 bits per heavy atom. The molecule has 1 aliphatic heterocycles. The highest BCUT2D eigenvalue weighted by Gasteiger charge is 2.38. The van der Waals surface area contributed by atoms with E-state index in [0.29, 0.717) is 18.4 Å². The number of ether oxygens (including phenoxy) is 1. The first kappa shape index (κ1) is 19.1. The number of para-hydroxylation sites is 1. The Balaban J connectivity index is 1.71. The van der Waals surface area contributed by atoms with Crippen LogP contribution in [0.3, 0.4) is 0 Å². The predicted octanol–water partition coefficient (Wildman–Crippen LogP) is 3.55. The molecular formula is C20H25N3O4. The molecule has 1 amide bonds. The van der Waals surface area contributed by atoms with Crippen LogP contribution in [0.2, 0.25) is 0 Å². The van der Waals surface area contributed by atoms with E-state index in [-0.39, 0.29) is 18.2 Å². The van der Waals surface area contributed by atoms with Gasteiger partial charge in [-0.25, -0.2) is 0 Å². The Bertz CT molecular complexity index is 832. The van der Waals surface area contributed by atoms with E-state index < -0.39 is 18.0 Å². The summed E-state index contributed by atoms with van der Waals surface area (Å²) in [6.45, 7) is 7.93. The molecule has 0 spiro atoms. The monoisotopic (exact) mass is 371 g/mol. The molecule has 7 nitrogen and oxygen atoms in total. The lowest BCUT2D eigenvalue weighted by Gasteiger charge is -2.23. The van der Waals surface area contributed by atoms with Crippen molar-refractivity contribution in [1.82, 2.24) is 10.2 Å². The zero-order valence-electron chi connectivity index (χ0n) is 16.1. The van der Waals surface area contributed by atoms with E-state index in [4.69, 9.17) is 9.15 Å². The van der Waals surface area contributed by atoms with E-state index in [1.807, 2.05) is 24.3 Å². The third-order valence-electron chi connectivity index (χ3n) is 5.01. The minimum Gasteiger partial charge on any atom is -0.452 e. The van der Waals surface area contributed by atoms with Crippen molar-refractivity contribution in [3.63, 3.8) is 0 Å². The van der Waals surface area contributed by atoms with Crippen LogP contribution in [0.1, 0.15) is 63.0 Å². The van der Waals surface area contributed by atoms with Crippen molar-refractivity contribution in [3.05, 3.63) is 41.6 Å². The second-order valence-corrected chi connectivity index (χ2v) is 7.01. The number of hydrogen-bond acceptors (Lipinski definition) is 6. The quantitative estimate of drug-likeness (QED) is 0.722. The van der Waals surface area contributed by atoms with E-state index in [1.54, 1.807) is 18.7 Å². The molecule has 0 aliphatic carbocycles. The normalized spacial score (nSPS) is 19.2. The number of amides is 1. The summed E-state index contributed by atoms with van der Waals surface area (Å²) in [5.41, 5.74) is 2.00. The summed E-state index contributed by atoms with van der Waals surface area (Å²) < 4.78 is 10.7. The van der Waals surface area contributed by atoms with Gasteiger partial charge in [0.25, 0.3) is 5.89 Å². The molecule has 0 radical (unpaired) electrons. The summed E-state index contributed by atoms with van der Waals surface area (Å²) in [5, 5.41) is 7.61. The third-order valence-corrected chi connectivity index (χ3v) is 5.01. The lowest BCUT2D eigenvalue weighted by atomic mass is 9.96. The molecule has 0 bridgehead atoms. The number of hydrogen-bond donors (Lipinski definition) is 0. The van der Waals surface area contributed by atoms with E-state index >= 15 is 0 Å². The smallest absolute Gasteiger partial charge is 0.312 e. The van der Waals surface area contributed by atoms with E-state index in [0.717, 1.165) is 17.7 Å². The molecule has 0 saturated carbocycles. The second kappa shape index (κ2) is 7.90. The van der Waals surface area contributed by atoms with Crippen LogP contribution in [0.15, 0.2) is 28.7 Å². The average Bonchev–Trinajstić information content (AvgIpc) is 3.27. The molecule has 1 aromatic carbocycles. The van der Waals surface area contributed by atoms with Gasteiger partial charge in [-0.05, 0) is 30.9 Å². The molecule has 3 atom stereocenters. The van der Waals surface area contributed by atoms with Crippen molar-refractivity contribution < 1.29 is 18.7 Å². The molecule has 1 aliphatic rings. The highest BCUT2D eigenvalue weighted by molar-refractivity contribution is 6.00. The first-order valence-electron chi connectivity index (χ1n) is 9.30.